The van der Waals surface area contributed by atoms with Gasteiger partial charge in [0.15, 0.2) is 0 Å². The van der Waals surface area contributed by atoms with Gasteiger partial charge in [0.1, 0.15) is 0 Å². The Morgan fingerprint density at radius 2 is 1.55 bits per heavy atom. The molecule has 1 aliphatic rings. The summed E-state index contributed by atoms with van der Waals surface area (Å²) < 4.78 is 4.98. The van der Waals surface area contributed by atoms with Gasteiger partial charge in [0, 0.05) is 0 Å². The van der Waals surface area contributed by atoms with Crippen LogP contribution in [0.1, 0.15) is 77.7 Å². The molecule has 0 aromatic heterocycles. The molecule has 1 fully saturated rings. The second kappa shape index (κ2) is 12.8. The molecule has 1 amide bonds. The number of carbonyl (C=O) groups excluding carboxylic acids is 1. The molecule has 1 saturated heterocycles. The van der Waals surface area contributed by atoms with E-state index in [0.717, 1.165) is 19.4 Å². The third kappa shape index (κ3) is 6.60. The van der Waals surface area contributed by atoms with Crippen molar-refractivity contribution in [3.05, 3.63) is 48.6 Å². The summed E-state index contributed by atoms with van der Waals surface area (Å²) in [5.41, 5.74) is 1.28. The summed E-state index contributed by atoms with van der Waals surface area (Å²) in [6.07, 6.45) is 11.8. The van der Waals surface area contributed by atoms with Gasteiger partial charge in [-0.2, -0.15) is 0 Å². The van der Waals surface area contributed by atoms with Crippen LogP contribution < -0.4 is 0 Å². The predicted octanol–water partition coefficient (Wildman–Crippen LogP) is 7.37. The van der Waals surface area contributed by atoms with Crippen LogP contribution in [0, 0.1) is 5.92 Å². The first-order chi connectivity index (χ1) is 14.1. The Kier molecular flexibility index (Phi) is 10.8. The van der Waals surface area contributed by atoms with Crippen LogP contribution in [0.4, 0.5) is 0 Å². The van der Waals surface area contributed by atoms with Gasteiger partial charge in [0.05, 0.1) is 0 Å². The van der Waals surface area contributed by atoms with E-state index in [9.17, 15) is 4.79 Å². The summed E-state index contributed by atoms with van der Waals surface area (Å²) in [7, 11) is 0. The number of hydrogen-bond acceptors (Lipinski definition) is 1. The zero-order chi connectivity index (χ0) is 21.1. The fourth-order valence-electron chi connectivity index (χ4n) is 5.29. The summed E-state index contributed by atoms with van der Waals surface area (Å²) in [5, 5.41) is 0. The third-order valence-corrected chi connectivity index (χ3v) is 24.1. The molecular formula is C26H43NOSn. The number of amides is 1. The normalized spacial score (nSPS) is 19.7. The van der Waals surface area contributed by atoms with Gasteiger partial charge in [-0.05, 0) is 0 Å². The van der Waals surface area contributed by atoms with E-state index in [1.807, 2.05) is 6.08 Å². The van der Waals surface area contributed by atoms with Gasteiger partial charge in [0.25, 0.3) is 0 Å². The number of carbonyl (C=O) groups is 1. The van der Waals surface area contributed by atoms with Crippen molar-refractivity contribution in [2.75, 3.05) is 0 Å². The van der Waals surface area contributed by atoms with Crippen LogP contribution in [0.25, 0.3) is 0 Å². The Hall–Kier alpha value is -0.771. The molecule has 1 heterocycles. The molecule has 0 bridgehead atoms. The molecule has 162 valence electrons. The molecule has 0 spiro atoms. The Morgan fingerprint density at radius 3 is 2.03 bits per heavy atom. The van der Waals surface area contributed by atoms with Gasteiger partial charge in [-0.1, -0.05) is 0 Å². The molecule has 29 heavy (non-hydrogen) atoms. The van der Waals surface area contributed by atoms with Crippen molar-refractivity contribution in [1.29, 1.82) is 0 Å². The summed E-state index contributed by atoms with van der Waals surface area (Å²) >= 11 is -2.53. The molecule has 2 nitrogen and oxygen atoms in total. The quantitative estimate of drug-likeness (QED) is 0.191. The van der Waals surface area contributed by atoms with Crippen LogP contribution in [0.5, 0.6) is 0 Å². The minimum absolute atomic E-state index is 0.169. The van der Waals surface area contributed by atoms with Gasteiger partial charge in [0.2, 0.25) is 0 Å². The number of rotatable bonds is 14. The van der Waals surface area contributed by atoms with E-state index < -0.39 is 18.4 Å². The third-order valence-electron chi connectivity index (χ3n) is 6.95. The minimum atomic E-state index is -2.53. The van der Waals surface area contributed by atoms with Crippen molar-refractivity contribution in [2.24, 2.45) is 5.92 Å². The van der Waals surface area contributed by atoms with Crippen LogP contribution in [0.2, 0.25) is 13.3 Å². The van der Waals surface area contributed by atoms with Crippen molar-refractivity contribution in [3.63, 3.8) is 0 Å². The van der Waals surface area contributed by atoms with Crippen LogP contribution >= 0.6 is 0 Å². The molecule has 0 aliphatic carbocycles. The Labute approximate surface area is 184 Å². The second-order valence-corrected chi connectivity index (χ2v) is 23.1. The Bertz CT molecular complexity index is 593. The molecule has 2 rings (SSSR count). The average molecular weight is 504 g/mol. The summed E-state index contributed by atoms with van der Waals surface area (Å²) in [6.45, 7) is 11.8. The van der Waals surface area contributed by atoms with Crippen molar-refractivity contribution in [3.8, 4) is 0 Å². The van der Waals surface area contributed by atoms with Crippen molar-refractivity contribution in [2.45, 2.75) is 96.1 Å². The maximum atomic E-state index is 13.5. The monoisotopic (exact) mass is 505 g/mol. The average Bonchev–Trinajstić information content (AvgIpc) is 3.05. The molecule has 2 atom stereocenters. The molecule has 0 unspecified atom stereocenters. The molecule has 0 saturated carbocycles. The number of likely N-dealkylation sites (tertiary alicyclic amines) is 1. The fourth-order valence-corrected chi connectivity index (χ4v) is 24.1. The van der Waals surface area contributed by atoms with Crippen molar-refractivity contribution >= 4 is 24.3 Å². The zero-order valence-corrected chi connectivity index (χ0v) is 22.0. The number of hydrogen-bond donors (Lipinski definition) is 0. The number of unbranched alkanes of at least 4 members (excludes halogenated alkanes) is 3. The number of nitrogens with zero attached hydrogens (tertiary/aromatic N) is 1. The molecular weight excluding hydrogens is 461 g/mol. The van der Waals surface area contributed by atoms with E-state index in [-0.39, 0.29) is 5.92 Å². The SMILES string of the molecule is C=CC[C@@H]1C[C@@H]([Sn]([CH2]CCC)([CH2]CCC)[CH2]CCC)N(Cc2ccccc2)C1=O. The maximum absolute atomic E-state index is 13.5. The van der Waals surface area contributed by atoms with Crippen LogP contribution in [0.15, 0.2) is 43.0 Å². The van der Waals surface area contributed by atoms with Crippen molar-refractivity contribution < 1.29 is 4.79 Å². The summed E-state index contributed by atoms with van der Waals surface area (Å²) in [5.74, 6) is 0.575. The van der Waals surface area contributed by atoms with E-state index in [1.54, 1.807) is 0 Å². The molecule has 0 N–H and O–H groups in total. The van der Waals surface area contributed by atoms with Crippen LogP contribution in [-0.4, -0.2) is 33.2 Å². The first-order valence-corrected chi connectivity index (χ1v) is 19.8. The van der Waals surface area contributed by atoms with E-state index in [1.165, 1.54) is 57.4 Å². The van der Waals surface area contributed by atoms with E-state index in [2.05, 4.69) is 62.6 Å². The Balaban J connectivity index is 2.39. The Morgan fingerprint density at radius 1 is 1.00 bits per heavy atom. The predicted molar refractivity (Wildman–Crippen MR) is 129 cm³/mol. The second-order valence-electron chi connectivity index (χ2n) is 9.10. The van der Waals surface area contributed by atoms with Crippen LogP contribution in [-0.2, 0) is 11.3 Å². The van der Waals surface area contributed by atoms with E-state index in [0.29, 0.717) is 9.96 Å². The summed E-state index contributed by atoms with van der Waals surface area (Å²) in [4.78, 5) is 15.9. The van der Waals surface area contributed by atoms with Gasteiger partial charge < -0.3 is 0 Å². The molecule has 3 heteroatoms. The number of allylic oxidation sites excluding steroid dienone is 1. The van der Waals surface area contributed by atoms with Gasteiger partial charge in [-0.25, -0.2) is 0 Å². The number of benzene rings is 1. The molecule has 1 aliphatic heterocycles. The zero-order valence-electron chi connectivity index (χ0n) is 19.2. The van der Waals surface area contributed by atoms with Gasteiger partial charge >= 0.3 is 184 Å². The first-order valence-electron chi connectivity index (χ1n) is 12.1. The standard InChI is InChI=1S/C14H16NO.3C4H9.Sn/c1-2-6-13-9-10-15(14(13)16)11-12-7-4-3-5-8-12;3*1-3-4-2;/h2-5,7-8,10,13H,1,6,9,11H2;3*1,3-4H2,2H3;/t13-;;;;/m1..../s1. The fraction of sp³-hybridized carbons (Fsp3) is 0.654. The van der Waals surface area contributed by atoms with Crippen molar-refractivity contribution in [1.82, 2.24) is 4.90 Å². The molecule has 0 radical (unpaired) electrons. The van der Waals surface area contributed by atoms with E-state index in [4.69, 9.17) is 0 Å². The van der Waals surface area contributed by atoms with E-state index >= 15 is 0 Å². The molecule has 1 aromatic carbocycles. The molecule has 1 aromatic rings. The van der Waals surface area contributed by atoms with Gasteiger partial charge in [-0.15, -0.1) is 0 Å². The van der Waals surface area contributed by atoms with Crippen LogP contribution in [0.3, 0.4) is 0 Å². The summed E-state index contributed by atoms with van der Waals surface area (Å²) in [6, 6.07) is 10.7. The topological polar surface area (TPSA) is 20.3 Å². The van der Waals surface area contributed by atoms with Gasteiger partial charge in [-0.3, -0.25) is 0 Å². The first kappa shape index (κ1) is 24.5.